The summed E-state index contributed by atoms with van der Waals surface area (Å²) < 4.78 is 1.24. The van der Waals surface area contributed by atoms with Gasteiger partial charge < -0.3 is 0 Å². The molecule has 0 amide bonds. The molecule has 0 radical (unpaired) electrons. The standard InChI is InChI=1S/C6H10N/c1-3-7-4-6(7)5(7)2/h3,5-6H,1,4H2,2H3/q+1. The van der Waals surface area contributed by atoms with E-state index in [0.717, 1.165) is 12.1 Å². The molecule has 3 atom stereocenters. The van der Waals surface area contributed by atoms with Crippen molar-refractivity contribution in [3.8, 4) is 0 Å². The summed E-state index contributed by atoms with van der Waals surface area (Å²) in [6.07, 6.45) is 2.08. The van der Waals surface area contributed by atoms with E-state index in [-0.39, 0.29) is 0 Å². The van der Waals surface area contributed by atoms with Gasteiger partial charge in [-0.25, -0.2) is 0 Å². The van der Waals surface area contributed by atoms with Crippen molar-refractivity contribution in [2.24, 2.45) is 0 Å². The summed E-state index contributed by atoms with van der Waals surface area (Å²) in [7, 11) is 0. The fourth-order valence-electron chi connectivity index (χ4n) is 1.50. The minimum atomic E-state index is 0.928. The van der Waals surface area contributed by atoms with Crippen molar-refractivity contribution in [3.63, 3.8) is 0 Å². The monoisotopic (exact) mass is 96.1 g/mol. The molecule has 2 aliphatic heterocycles. The molecule has 0 bridgehead atoms. The lowest BCUT2D eigenvalue weighted by Gasteiger charge is -1.95. The SMILES string of the molecule is C=C[N+]12CC1C2C. The van der Waals surface area contributed by atoms with E-state index in [4.69, 9.17) is 0 Å². The molecule has 0 N–H and O–H groups in total. The lowest BCUT2D eigenvalue weighted by molar-refractivity contribution is -0.657. The average Bonchev–Trinajstić information content (AvgIpc) is 2.49. The van der Waals surface area contributed by atoms with Crippen molar-refractivity contribution in [1.29, 1.82) is 0 Å². The van der Waals surface area contributed by atoms with E-state index in [9.17, 15) is 0 Å². The van der Waals surface area contributed by atoms with Gasteiger partial charge in [-0.3, -0.25) is 4.48 Å². The van der Waals surface area contributed by atoms with Gasteiger partial charge in [0.2, 0.25) is 0 Å². The zero-order valence-electron chi connectivity index (χ0n) is 4.59. The van der Waals surface area contributed by atoms with Gasteiger partial charge >= 0.3 is 0 Å². The fourth-order valence-corrected chi connectivity index (χ4v) is 1.50. The van der Waals surface area contributed by atoms with E-state index in [0.29, 0.717) is 0 Å². The Morgan fingerprint density at radius 2 is 2.43 bits per heavy atom. The van der Waals surface area contributed by atoms with Gasteiger partial charge in [-0.2, -0.15) is 0 Å². The molecule has 0 aromatic carbocycles. The van der Waals surface area contributed by atoms with Crippen molar-refractivity contribution in [3.05, 3.63) is 12.8 Å². The number of rotatable bonds is 1. The molecule has 7 heavy (non-hydrogen) atoms. The molecule has 0 spiro atoms. The fraction of sp³-hybridized carbons (Fsp3) is 0.667. The van der Waals surface area contributed by atoms with Gasteiger partial charge in [-0.1, -0.05) is 0 Å². The molecular weight excluding hydrogens is 86.1 g/mol. The Balaban J connectivity index is 2.21. The number of quaternary nitrogens is 1. The van der Waals surface area contributed by atoms with Crippen LogP contribution in [0.4, 0.5) is 0 Å². The number of fused-ring (bicyclic) bond motifs is 1. The Bertz CT molecular complexity index is 124. The van der Waals surface area contributed by atoms with E-state index in [1.54, 1.807) is 0 Å². The second kappa shape index (κ2) is 0.671. The Hall–Kier alpha value is -0.300. The Morgan fingerprint density at radius 3 is 2.43 bits per heavy atom. The van der Waals surface area contributed by atoms with E-state index in [1.165, 1.54) is 11.0 Å². The summed E-state index contributed by atoms with van der Waals surface area (Å²) in [4.78, 5) is 0. The van der Waals surface area contributed by atoms with Crippen LogP contribution in [0.2, 0.25) is 0 Å². The molecule has 2 saturated heterocycles. The third kappa shape index (κ3) is 0.201. The molecule has 38 valence electrons. The molecule has 0 aliphatic carbocycles. The van der Waals surface area contributed by atoms with Crippen molar-refractivity contribution in [2.75, 3.05) is 6.54 Å². The summed E-state index contributed by atoms with van der Waals surface area (Å²) in [5, 5.41) is 0. The van der Waals surface area contributed by atoms with Crippen LogP contribution in [0.3, 0.4) is 0 Å². The largest absolute Gasteiger partial charge is 0.273 e. The van der Waals surface area contributed by atoms with Gasteiger partial charge in [-0.05, 0) is 13.5 Å². The highest BCUT2D eigenvalue weighted by atomic mass is 15.7. The maximum absolute atomic E-state index is 3.76. The van der Waals surface area contributed by atoms with E-state index < -0.39 is 0 Å². The van der Waals surface area contributed by atoms with Crippen molar-refractivity contribution in [2.45, 2.75) is 19.0 Å². The highest BCUT2D eigenvalue weighted by molar-refractivity contribution is 5.02. The Morgan fingerprint density at radius 1 is 1.86 bits per heavy atom. The molecule has 0 saturated carbocycles. The zero-order chi connectivity index (χ0) is 5.07. The maximum Gasteiger partial charge on any atom is 0.196 e. The predicted molar refractivity (Wildman–Crippen MR) is 28.6 cm³/mol. The van der Waals surface area contributed by atoms with Crippen molar-refractivity contribution in [1.82, 2.24) is 0 Å². The second-order valence-electron chi connectivity index (χ2n) is 2.67. The molecule has 3 unspecified atom stereocenters. The summed E-state index contributed by atoms with van der Waals surface area (Å²) in [5.74, 6) is 0. The van der Waals surface area contributed by atoms with Crippen LogP contribution < -0.4 is 0 Å². The minimum Gasteiger partial charge on any atom is -0.273 e. The molecule has 0 aromatic heterocycles. The predicted octanol–water partition coefficient (Wildman–Crippen LogP) is 0.731. The van der Waals surface area contributed by atoms with E-state index >= 15 is 0 Å². The van der Waals surface area contributed by atoms with Crippen LogP contribution in [0.5, 0.6) is 0 Å². The lowest BCUT2D eigenvalue weighted by Crippen LogP contribution is -2.11. The van der Waals surface area contributed by atoms with Crippen LogP contribution in [0.1, 0.15) is 6.92 Å². The second-order valence-corrected chi connectivity index (χ2v) is 2.67. The first-order valence-corrected chi connectivity index (χ1v) is 2.82. The number of nitrogens with zero attached hydrogens (tertiary/aromatic N) is 1. The van der Waals surface area contributed by atoms with Gasteiger partial charge in [0, 0.05) is 0 Å². The highest BCUT2D eigenvalue weighted by Gasteiger charge is 2.79. The molecule has 2 heterocycles. The van der Waals surface area contributed by atoms with E-state index in [1.807, 2.05) is 0 Å². The minimum absolute atomic E-state index is 0.928. The van der Waals surface area contributed by atoms with Crippen LogP contribution in [0, 0.1) is 0 Å². The average molecular weight is 96.2 g/mol. The first-order valence-electron chi connectivity index (χ1n) is 2.82. The molecular formula is C6H10N+. The molecule has 2 rings (SSSR count). The van der Waals surface area contributed by atoms with Gasteiger partial charge in [0.05, 0.1) is 6.20 Å². The van der Waals surface area contributed by atoms with Crippen LogP contribution in [-0.4, -0.2) is 23.1 Å². The third-order valence-electron chi connectivity index (χ3n) is 2.55. The van der Waals surface area contributed by atoms with Gasteiger partial charge in [-0.15, -0.1) is 0 Å². The summed E-state index contributed by atoms with van der Waals surface area (Å²) in [6.45, 7) is 7.43. The Labute approximate surface area is 43.8 Å². The van der Waals surface area contributed by atoms with Crippen LogP contribution >= 0.6 is 0 Å². The van der Waals surface area contributed by atoms with Crippen LogP contribution in [0.15, 0.2) is 12.8 Å². The number of hydrogen-bond donors (Lipinski definition) is 0. The van der Waals surface area contributed by atoms with Crippen molar-refractivity contribution < 1.29 is 4.48 Å². The van der Waals surface area contributed by atoms with Gasteiger partial charge in [0.15, 0.2) is 6.04 Å². The summed E-state index contributed by atoms with van der Waals surface area (Å²) in [6, 6.07) is 1.93. The lowest BCUT2D eigenvalue weighted by atomic mass is 10.3. The highest BCUT2D eigenvalue weighted by Crippen LogP contribution is 2.55. The van der Waals surface area contributed by atoms with Crippen molar-refractivity contribution >= 4 is 0 Å². The summed E-state index contributed by atoms with van der Waals surface area (Å²) in [5.41, 5.74) is 0. The zero-order valence-corrected chi connectivity index (χ0v) is 4.59. The maximum atomic E-state index is 3.76. The topological polar surface area (TPSA) is 0 Å². The van der Waals surface area contributed by atoms with Crippen LogP contribution in [-0.2, 0) is 0 Å². The molecule has 0 aromatic rings. The first-order chi connectivity index (χ1) is 3.31. The molecule has 1 nitrogen and oxygen atoms in total. The summed E-state index contributed by atoms with van der Waals surface area (Å²) >= 11 is 0. The van der Waals surface area contributed by atoms with Gasteiger partial charge in [0.25, 0.3) is 0 Å². The first kappa shape index (κ1) is 3.67. The smallest absolute Gasteiger partial charge is 0.196 e. The number of hydrogen-bond acceptors (Lipinski definition) is 0. The third-order valence-corrected chi connectivity index (χ3v) is 2.55. The van der Waals surface area contributed by atoms with E-state index in [2.05, 4.69) is 19.7 Å². The quantitative estimate of drug-likeness (QED) is 0.333. The normalized spacial score (nSPS) is 63.6. The van der Waals surface area contributed by atoms with Gasteiger partial charge in [0.1, 0.15) is 12.6 Å². The Kier molecular flexibility index (Phi) is 0.352. The van der Waals surface area contributed by atoms with Crippen LogP contribution in [0.25, 0.3) is 0 Å². The molecule has 2 aliphatic rings. The molecule has 2 fully saturated rings. The molecule has 1 heteroatoms.